The molecule has 4 rings (SSSR count). The quantitative estimate of drug-likeness (QED) is 0.371. The van der Waals surface area contributed by atoms with E-state index in [-0.39, 0.29) is 7.43 Å². The van der Waals surface area contributed by atoms with E-state index in [1.807, 2.05) is 24.3 Å². The Balaban J connectivity index is 0.00000256. The van der Waals surface area contributed by atoms with Crippen LogP contribution in [0.4, 0.5) is 0 Å². The number of aryl methyl sites for hydroxylation is 3. The van der Waals surface area contributed by atoms with Gasteiger partial charge in [0.1, 0.15) is 5.36 Å². The van der Waals surface area contributed by atoms with Crippen molar-refractivity contribution in [1.82, 2.24) is 9.55 Å². The van der Waals surface area contributed by atoms with Crippen molar-refractivity contribution in [1.29, 1.82) is 0 Å². The van der Waals surface area contributed by atoms with Gasteiger partial charge in [0, 0.05) is 23.5 Å². The fraction of sp³-hybridized carbons (Fsp3) is 0.280. The first-order chi connectivity index (χ1) is 14.2. The second-order valence-corrected chi connectivity index (χ2v) is 7.25. The minimum Gasteiger partial charge on any atom is -0.389 e. The van der Waals surface area contributed by atoms with E-state index in [0.717, 1.165) is 40.3 Å². The van der Waals surface area contributed by atoms with E-state index in [2.05, 4.69) is 58.9 Å². The highest BCUT2D eigenvalue weighted by atomic mass is 16.6. The summed E-state index contributed by atoms with van der Waals surface area (Å²) in [6, 6.07) is 18.4. The Morgan fingerprint density at radius 1 is 1.00 bits per heavy atom. The second kappa shape index (κ2) is 9.55. The van der Waals surface area contributed by atoms with E-state index in [1.54, 1.807) is 6.20 Å². The van der Waals surface area contributed by atoms with Gasteiger partial charge in [0.2, 0.25) is 0 Å². The van der Waals surface area contributed by atoms with Crippen molar-refractivity contribution in [2.24, 2.45) is 10.9 Å². The number of nitrogens with zero attached hydrogens (tertiary/aromatic N) is 3. The van der Waals surface area contributed by atoms with Gasteiger partial charge >= 0.3 is 0 Å². The molecular weight excluding hydrogens is 372 g/mol. The van der Waals surface area contributed by atoms with Crippen LogP contribution in [-0.4, -0.2) is 16.1 Å². The van der Waals surface area contributed by atoms with Gasteiger partial charge in [0.15, 0.2) is 6.61 Å². The van der Waals surface area contributed by atoms with E-state index in [0.29, 0.717) is 13.2 Å². The molecule has 30 heavy (non-hydrogen) atoms. The van der Waals surface area contributed by atoms with Gasteiger partial charge < -0.3 is 15.1 Å². The summed E-state index contributed by atoms with van der Waals surface area (Å²) in [6.45, 7) is 6.18. The number of pyridine rings is 2. The summed E-state index contributed by atoms with van der Waals surface area (Å²) in [7, 11) is 0. The van der Waals surface area contributed by atoms with E-state index in [4.69, 9.17) is 10.6 Å². The molecule has 0 bridgehead atoms. The third kappa shape index (κ3) is 4.07. The number of rotatable bonds is 6. The van der Waals surface area contributed by atoms with Gasteiger partial charge in [-0.15, -0.1) is 0 Å². The molecule has 0 radical (unpaired) electrons. The van der Waals surface area contributed by atoms with E-state index in [9.17, 15) is 0 Å². The van der Waals surface area contributed by atoms with E-state index in [1.165, 1.54) is 16.6 Å². The summed E-state index contributed by atoms with van der Waals surface area (Å²) >= 11 is 0. The molecule has 5 heteroatoms. The summed E-state index contributed by atoms with van der Waals surface area (Å²) in [4.78, 5) is 10.1. The zero-order valence-corrected chi connectivity index (χ0v) is 16.9. The molecule has 2 aromatic carbocycles. The molecule has 2 aromatic heterocycles. The average Bonchev–Trinajstić information content (AvgIpc) is 2.76. The minimum atomic E-state index is 0. The Kier molecular flexibility index (Phi) is 6.85. The van der Waals surface area contributed by atoms with Crippen molar-refractivity contribution in [3.05, 3.63) is 83.0 Å². The van der Waals surface area contributed by atoms with Crippen LogP contribution in [0.1, 0.15) is 30.7 Å². The number of hydrogen-bond acceptors (Lipinski definition) is 4. The molecule has 0 spiro atoms. The molecule has 156 valence electrons. The van der Waals surface area contributed by atoms with Gasteiger partial charge in [-0.05, 0) is 56.1 Å². The Bertz CT molecular complexity index is 1210. The highest BCUT2D eigenvalue weighted by molar-refractivity contribution is 5.95. The van der Waals surface area contributed by atoms with Crippen molar-refractivity contribution >= 4 is 21.8 Å². The first kappa shape index (κ1) is 21.5. The monoisotopic (exact) mass is 402 g/mol. The first-order valence-electron chi connectivity index (χ1n) is 9.98. The molecule has 4 aromatic rings. The highest BCUT2D eigenvalue weighted by Gasteiger charge is 2.13. The van der Waals surface area contributed by atoms with Crippen LogP contribution in [0.2, 0.25) is 0 Å². The lowest BCUT2D eigenvalue weighted by atomic mass is 10.0. The Morgan fingerprint density at radius 2 is 1.80 bits per heavy atom. The number of nitrogens with two attached hydrogens (primary N) is 1. The van der Waals surface area contributed by atoms with Gasteiger partial charge in [-0.3, -0.25) is 4.98 Å². The number of hydrogen-bond donors (Lipinski definition) is 1. The molecule has 2 heterocycles. The molecule has 0 aliphatic carbocycles. The zero-order valence-electron chi connectivity index (χ0n) is 16.9. The molecule has 0 unspecified atom stereocenters. The van der Waals surface area contributed by atoms with Crippen LogP contribution < -0.4 is 11.1 Å². The summed E-state index contributed by atoms with van der Waals surface area (Å²) in [5, 5.41) is 7.59. The van der Waals surface area contributed by atoms with Gasteiger partial charge in [-0.1, -0.05) is 49.0 Å². The SMILES string of the molecule is C.Cc1ccc2/c(=N/OCc3ccccn3)c3ccccc3n(CCCN)c2c1C. The fourth-order valence-electron chi connectivity index (χ4n) is 3.74. The smallest absolute Gasteiger partial charge is 0.159 e. The van der Waals surface area contributed by atoms with Gasteiger partial charge in [0.05, 0.1) is 16.7 Å². The maximum Gasteiger partial charge on any atom is 0.159 e. The Morgan fingerprint density at radius 3 is 2.57 bits per heavy atom. The fourth-order valence-corrected chi connectivity index (χ4v) is 3.74. The van der Waals surface area contributed by atoms with Crippen LogP contribution in [-0.2, 0) is 18.0 Å². The van der Waals surface area contributed by atoms with Crippen molar-refractivity contribution in [2.45, 2.75) is 40.8 Å². The lowest BCUT2D eigenvalue weighted by Gasteiger charge is -2.18. The molecule has 0 saturated heterocycles. The molecule has 0 fully saturated rings. The summed E-state index contributed by atoms with van der Waals surface area (Å²) in [5.41, 5.74) is 11.5. The standard InChI is InChI=1S/C24H26N4O.CH4/c1-17-11-12-21-23(27-29-16-19-8-5-6-14-26-19)20-9-3-4-10-22(20)28(15-7-13-25)24(21)18(17)2;/h3-6,8-12,14H,7,13,15-16,25H2,1-2H3;1H4/b27-23+;. The first-order valence-corrected chi connectivity index (χ1v) is 9.98. The van der Waals surface area contributed by atoms with Crippen molar-refractivity contribution in [3.63, 3.8) is 0 Å². The van der Waals surface area contributed by atoms with E-state index >= 15 is 0 Å². The predicted octanol–water partition coefficient (Wildman–Crippen LogP) is 4.82. The maximum absolute atomic E-state index is 5.83. The molecule has 5 nitrogen and oxygen atoms in total. The molecule has 0 aliphatic heterocycles. The maximum atomic E-state index is 5.83. The Hall–Kier alpha value is -3.18. The minimum absolute atomic E-state index is 0. The van der Waals surface area contributed by atoms with Gasteiger partial charge in [0.25, 0.3) is 0 Å². The molecule has 0 saturated carbocycles. The van der Waals surface area contributed by atoms with Gasteiger partial charge in [-0.2, -0.15) is 0 Å². The second-order valence-electron chi connectivity index (χ2n) is 7.25. The molecule has 2 N–H and O–H groups in total. The van der Waals surface area contributed by atoms with Gasteiger partial charge in [-0.25, -0.2) is 0 Å². The highest BCUT2D eigenvalue weighted by Crippen LogP contribution is 2.25. The third-order valence-electron chi connectivity index (χ3n) is 5.36. The summed E-state index contributed by atoms with van der Waals surface area (Å²) < 4.78 is 2.37. The van der Waals surface area contributed by atoms with Crippen LogP contribution >= 0.6 is 0 Å². The number of benzene rings is 2. The number of para-hydroxylation sites is 1. The van der Waals surface area contributed by atoms with Crippen LogP contribution in [0.5, 0.6) is 0 Å². The van der Waals surface area contributed by atoms with Crippen LogP contribution in [0, 0.1) is 13.8 Å². The normalized spacial score (nSPS) is 11.6. The van der Waals surface area contributed by atoms with Crippen LogP contribution in [0.15, 0.2) is 65.9 Å². The van der Waals surface area contributed by atoms with Crippen LogP contribution in [0.25, 0.3) is 21.8 Å². The van der Waals surface area contributed by atoms with E-state index < -0.39 is 0 Å². The Labute approximate surface area is 177 Å². The molecular formula is C25H30N4O. The summed E-state index contributed by atoms with van der Waals surface area (Å²) in [6.07, 6.45) is 2.68. The van der Waals surface area contributed by atoms with Crippen molar-refractivity contribution in [2.75, 3.05) is 6.54 Å². The topological polar surface area (TPSA) is 65.4 Å². The third-order valence-corrected chi connectivity index (χ3v) is 5.36. The number of aromatic nitrogens is 2. The van der Waals surface area contributed by atoms with Crippen molar-refractivity contribution < 1.29 is 4.84 Å². The predicted molar refractivity (Wildman–Crippen MR) is 124 cm³/mol. The lowest BCUT2D eigenvalue weighted by Crippen LogP contribution is -2.16. The molecule has 0 amide bonds. The largest absolute Gasteiger partial charge is 0.389 e. The average molecular weight is 403 g/mol. The van der Waals surface area contributed by atoms with Crippen molar-refractivity contribution in [3.8, 4) is 0 Å². The molecule has 0 atom stereocenters. The summed E-state index contributed by atoms with van der Waals surface area (Å²) in [5.74, 6) is 0. The van der Waals surface area contributed by atoms with Crippen LogP contribution in [0.3, 0.4) is 0 Å². The zero-order chi connectivity index (χ0) is 20.2. The molecule has 0 aliphatic rings. The number of fused-ring (bicyclic) bond motifs is 2. The lowest BCUT2D eigenvalue weighted by molar-refractivity contribution is 0.118.